The first-order valence-electron chi connectivity index (χ1n) is 4.72. The van der Waals surface area contributed by atoms with Crippen LogP contribution in [0.2, 0.25) is 0 Å². The second kappa shape index (κ2) is 4.06. The number of nitrogens with zero attached hydrogens (tertiary/aromatic N) is 3. The summed E-state index contributed by atoms with van der Waals surface area (Å²) >= 11 is 0. The number of hydrogen-bond acceptors (Lipinski definition) is 4. The summed E-state index contributed by atoms with van der Waals surface area (Å²) in [4.78, 5) is 18.2. The summed E-state index contributed by atoms with van der Waals surface area (Å²) in [7, 11) is 0. The van der Waals surface area contributed by atoms with Crippen molar-refractivity contribution in [3.63, 3.8) is 0 Å². The SMILES string of the molecule is Cc1cccc(-c2cccc([N+](=O)[O-])n2)n1. The van der Waals surface area contributed by atoms with Crippen molar-refractivity contribution in [1.82, 2.24) is 9.97 Å². The molecule has 0 saturated carbocycles. The van der Waals surface area contributed by atoms with Crippen LogP contribution in [0, 0.1) is 17.0 Å². The minimum Gasteiger partial charge on any atom is -0.358 e. The highest BCUT2D eigenvalue weighted by molar-refractivity contribution is 5.55. The highest BCUT2D eigenvalue weighted by Gasteiger charge is 2.11. The van der Waals surface area contributed by atoms with Crippen LogP contribution in [0.3, 0.4) is 0 Å². The predicted octanol–water partition coefficient (Wildman–Crippen LogP) is 2.36. The zero-order valence-corrected chi connectivity index (χ0v) is 8.62. The van der Waals surface area contributed by atoms with Crippen molar-refractivity contribution in [1.29, 1.82) is 0 Å². The molecule has 0 unspecified atom stereocenters. The second-order valence-electron chi connectivity index (χ2n) is 3.30. The lowest BCUT2D eigenvalue weighted by molar-refractivity contribution is -0.389. The Morgan fingerprint density at radius 1 is 1.06 bits per heavy atom. The van der Waals surface area contributed by atoms with E-state index < -0.39 is 4.92 Å². The molecular weight excluding hydrogens is 206 g/mol. The lowest BCUT2D eigenvalue weighted by atomic mass is 10.2. The molecule has 16 heavy (non-hydrogen) atoms. The van der Waals surface area contributed by atoms with Gasteiger partial charge in [-0.1, -0.05) is 6.07 Å². The maximum atomic E-state index is 10.6. The maximum absolute atomic E-state index is 10.6. The van der Waals surface area contributed by atoms with Crippen molar-refractivity contribution >= 4 is 5.82 Å². The molecule has 0 bridgehead atoms. The Hall–Kier alpha value is -2.30. The van der Waals surface area contributed by atoms with Gasteiger partial charge in [-0.15, -0.1) is 0 Å². The van der Waals surface area contributed by atoms with Crippen LogP contribution in [0.1, 0.15) is 5.69 Å². The van der Waals surface area contributed by atoms with E-state index in [9.17, 15) is 10.1 Å². The molecule has 0 aliphatic carbocycles. The van der Waals surface area contributed by atoms with Gasteiger partial charge in [-0.3, -0.25) is 0 Å². The highest BCUT2D eigenvalue weighted by Crippen LogP contribution is 2.17. The van der Waals surface area contributed by atoms with Crippen LogP contribution in [0.15, 0.2) is 36.4 Å². The zero-order chi connectivity index (χ0) is 11.5. The molecule has 2 aromatic rings. The number of rotatable bonds is 2. The van der Waals surface area contributed by atoms with Crippen molar-refractivity contribution < 1.29 is 4.92 Å². The molecule has 0 atom stereocenters. The zero-order valence-electron chi connectivity index (χ0n) is 8.62. The summed E-state index contributed by atoms with van der Waals surface area (Å²) in [6.07, 6.45) is 0. The second-order valence-corrected chi connectivity index (χ2v) is 3.30. The van der Waals surface area contributed by atoms with Crippen LogP contribution in [-0.2, 0) is 0 Å². The summed E-state index contributed by atoms with van der Waals surface area (Å²) in [6.45, 7) is 1.86. The van der Waals surface area contributed by atoms with Crippen molar-refractivity contribution in [2.75, 3.05) is 0 Å². The molecule has 0 N–H and O–H groups in total. The van der Waals surface area contributed by atoms with Crippen LogP contribution in [0.25, 0.3) is 11.4 Å². The molecule has 0 spiro atoms. The van der Waals surface area contributed by atoms with Gasteiger partial charge in [0.15, 0.2) is 0 Å². The quantitative estimate of drug-likeness (QED) is 0.569. The van der Waals surface area contributed by atoms with Crippen LogP contribution in [-0.4, -0.2) is 14.9 Å². The van der Waals surface area contributed by atoms with Gasteiger partial charge < -0.3 is 10.1 Å². The third kappa shape index (κ3) is 2.03. The number of aromatic nitrogens is 2. The van der Waals surface area contributed by atoms with Gasteiger partial charge in [-0.05, 0) is 41.1 Å². The third-order valence-electron chi connectivity index (χ3n) is 2.07. The fourth-order valence-electron chi connectivity index (χ4n) is 1.35. The molecular formula is C11H9N3O2. The van der Waals surface area contributed by atoms with Gasteiger partial charge in [-0.2, -0.15) is 0 Å². The van der Waals surface area contributed by atoms with Gasteiger partial charge in [-0.25, -0.2) is 4.98 Å². The number of nitro groups is 1. The van der Waals surface area contributed by atoms with Gasteiger partial charge in [0.05, 0.1) is 0 Å². The van der Waals surface area contributed by atoms with Crippen molar-refractivity contribution in [3.8, 4) is 11.4 Å². The monoisotopic (exact) mass is 215 g/mol. The summed E-state index contributed by atoms with van der Waals surface area (Å²) < 4.78 is 0. The fourth-order valence-corrected chi connectivity index (χ4v) is 1.35. The first kappa shape index (κ1) is 10.2. The summed E-state index contributed by atoms with van der Waals surface area (Å²) in [5, 5.41) is 10.6. The lowest BCUT2D eigenvalue weighted by Crippen LogP contribution is -1.94. The largest absolute Gasteiger partial charge is 0.364 e. The Morgan fingerprint density at radius 2 is 1.69 bits per heavy atom. The van der Waals surface area contributed by atoms with Crippen LogP contribution in [0.4, 0.5) is 5.82 Å². The van der Waals surface area contributed by atoms with E-state index in [1.165, 1.54) is 6.07 Å². The average Bonchev–Trinajstić information content (AvgIpc) is 2.29. The van der Waals surface area contributed by atoms with E-state index >= 15 is 0 Å². The Kier molecular flexibility index (Phi) is 2.59. The highest BCUT2D eigenvalue weighted by atomic mass is 16.6. The van der Waals surface area contributed by atoms with Gasteiger partial charge >= 0.3 is 5.82 Å². The molecule has 0 aliphatic heterocycles. The molecule has 0 aromatic carbocycles. The maximum Gasteiger partial charge on any atom is 0.364 e. The summed E-state index contributed by atoms with van der Waals surface area (Å²) in [6, 6.07) is 10.1. The van der Waals surface area contributed by atoms with Crippen molar-refractivity contribution in [2.45, 2.75) is 6.92 Å². The third-order valence-corrected chi connectivity index (χ3v) is 2.07. The van der Waals surface area contributed by atoms with E-state index in [2.05, 4.69) is 9.97 Å². The standard InChI is InChI=1S/C11H9N3O2/c1-8-4-2-5-9(12-8)10-6-3-7-11(13-10)14(15)16/h2-7H,1H3. The first-order valence-corrected chi connectivity index (χ1v) is 4.72. The number of hydrogen-bond donors (Lipinski definition) is 0. The molecule has 0 fully saturated rings. The first-order chi connectivity index (χ1) is 7.66. The molecule has 5 heteroatoms. The molecule has 0 saturated heterocycles. The van der Waals surface area contributed by atoms with Crippen LogP contribution >= 0.6 is 0 Å². The minimum absolute atomic E-state index is 0.166. The van der Waals surface area contributed by atoms with Crippen molar-refractivity contribution in [3.05, 3.63) is 52.2 Å². The summed E-state index contributed by atoms with van der Waals surface area (Å²) in [5.74, 6) is -0.166. The Bertz CT molecular complexity index is 540. The topological polar surface area (TPSA) is 68.9 Å². The molecule has 2 heterocycles. The smallest absolute Gasteiger partial charge is 0.358 e. The molecule has 0 amide bonds. The predicted molar refractivity (Wildman–Crippen MR) is 58.9 cm³/mol. The lowest BCUT2D eigenvalue weighted by Gasteiger charge is -1.97. The minimum atomic E-state index is -0.515. The number of aryl methyl sites for hydroxylation is 1. The Morgan fingerprint density at radius 3 is 2.31 bits per heavy atom. The van der Waals surface area contributed by atoms with E-state index in [4.69, 9.17) is 0 Å². The fraction of sp³-hybridized carbons (Fsp3) is 0.0909. The van der Waals surface area contributed by atoms with E-state index in [-0.39, 0.29) is 5.82 Å². The van der Waals surface area contributed by atoms with Crippen molar-refractivity contribution in [2.24, 2.45) is 0 Å². The van der Waals surface area contributed by atoms with Crippen LogP contribution in [0.5, 0.6) is 0 Å². The number of pyridine rings is 2. The molecule has 80 valence electrons. The molecule has 0 radical (unpaired) electrons. The normalized spacial score (nSPS) is 10.1. The molecule has 0 aliphatic rings. The van der Waals surface area contributed by atoms with Gasteiger partial charge in [0, 0.05) is 11.8 Å². The molecule has 2 aromatic heterocycles. The molecule has 5 nitrogen and oxygen atoms in total. The average molecular weight is 215 g/mol. The van der Waals surface area contributed by atoms with E-state index in [0.717, 1.165) is 5.69 Å². The van der Waals surface area contributed by atoms with Gasteiger partial charge in [0.2, 0.25) is 5.69 Å². The van der Waals surface area contributed by atoms with Gasteiger partial charge in [0.1, 0.15) is 5.69 Å². The van der Waals surface area contributed by atoms with E-state index in [0.29, 0.717) is 11.4 Å². The van der Waals surface area contributed by atoms with Crippen LogP contribution < -0.4 is 0 Å². The summed E-state index contributed by atoms with van der Waals surface area (Å²) in [5.41, 5.74) is 2.01. The van der Waals surface area contributed by atoms with Gasteiger partial charge in [0.25, 0.3) is 0 Å². The van der Waals surface area contributed by atoms with E-state index in [1.54, 1.807) is 18.2 Å². The van der Waals surface area contributed by atoms with E-state index in [1.807, 2.05) is 19.1 Å². The Balaban J connectivity index is 2.48. The Labute approximate surface area is 91.9 Å². The molecule has 2 rings (SSSR count).